The number of nitrogens with zero attached hydrogens (tertiary/aromatic N) is 2. The van der Waals surface area contributed by atoms with Crippen molar-refractivity contribution in [1.29, 1.82) is 0 Å². The number of piperazine rings is 1. The molecule has 0 N–H and O–H groups in total. The van der Waals surface area contributed by atoms with Crippen molar-refractivity contribution in [2.75, 3.05) is 39.4 Å². The average molecular weight is 296 g/mol. The molecule has 1 saturated heterocycles. The highest BCUT2D eigenvalue weighted by atomic mass is 16.5. The molecule has 2 aliphatic rings. The van der Waals surface area contributed by atoms with Gasteiger partial charge in [0.2, 0.25) is 0 Å². The maximum Gasteiger partial charge on any atom is 0.0593 e. The van der Waals surface area contributed by atoms with Gasteiger partial charge in [-0.2, -0.15) is 0 Å². The highest BCUT2D eigenvalue weighted by Crippen LogP contribution is 2.44. The van der Waals surface area contributed by atoms with Crippen molar-refractivity contribution in [2.45, 2.75) is 58.5 Å². The fourth-order valence-electron chi connectivity index (χ4n) is 3.05. The summed E-state index contributed by atoms with van der Waals surface area (Å²) in [6.07, 6.45) is 3.97. The molecule has 2 fully saturated rings. The molecule has 0 aromatic carbocycles. The van der Waals surface area contributed by atoms with Crippen molar-refractivity contribution >= 4 is 0 Å². The first-order valence-corrected chi connectivity index (χ1v) is 8.60. The molecule has 0 bridgehead atoms. The standard InChI is InChI=1S/C16H32N2O.C2H4/c1-14(2)5-11-19-12-10-18-9-8-17(15(3)4)13-16(18)6-7-16;1-2/h14-15H,5-13H2,1-4H3;1-2H2. The van der Waals surface area contributed by atoms with E-state index in [4.69, 9.17) is 4.74 Å². The smallest absolute Gasteiger partial charge is 0.0593 e. The van der Waals surface area contributed by atoms with Crippen LogP contribution in [0, 0.1) is 5.92 Å². The van der Waals surface area contributed by atoms with Crippen LogP contribution in [0.25, 0.3) is 0 Å². The van der Waals surface area contributed by atoms with E-state index in [1.807, 2.05) is 0 Å². The van der Waals surface area contributed by atoms with Gasteiger partial charge in [0, 0.05) is 44.4 Å². The summed E-state index contributed by atoms with van der Waals surface area (Å²) >= 11 is 0. The Morgan fingerprint density at radius 1 is 1.05 bits per heavy atom. The topological polar surface area (TPSA) is 15.7 Å². The predicted molar refractivity (Wildman–Crippen MR) is 91.8 cm³/mol. The van der Waals surface area contributed by atoms with Gasteiger partial charge in [0.05, 0.1) is 6.61 Å². The minimum atomic E-state index is 0.518. The molecule has 0 radical (unpaired) electrons. The summed E-state index contributed by atoms with van der Waals surface area (Å²) in [5, 5.41) is 0. The molecule has 3 nitrogen and oxygen atoms in total. The van der Waals surface area contributed by atoms with Crippen LogP contribution in [0.1, 0.15) is 47.0 Å². The number of ether oxygens (including phenoxy) is 1. The highest BCUT2D eigenvalue weighted by molar-refractivity contribution is 5.08. The van der Waals surface area contributed by atoms with Gasteiger partial charge in [0.25, 0.3) is 0 Å². The van der Waals surface area contributed by atoms with Crippen LogP contribution in [-0.2, 0) is 4.74 Å². The van der Waals surface area contributed by atoms with E-state index in [1.54, 1.807) is 0 Å². The van der Waals surface area contributed by atoms with E-state index in [9.17, 15) is 0 Å². The Bertz CT molecular complexity index is 287. The molecule has 124 valence electrons. The zero-order valence-electron chi connectivity index (χ0n) is 14.7. The molecule has 0 unspecified atom stereocenters. The predicted octanol–water partition coefficient (Wildman–Crippen LogP) is 3.41. The van der Waals surface area contributed by atoms with Crippen molar-refractivity contribution in [3.63, 3.8) is 0 Å². The van der Waals surface area contributed by atoms with Crippen LogP contribution in [0.15, 0.2) is 13.2 Å². The Balaban J connectivity index is 0.00000106. The SMILES string of the molecule is C=C.CC(C)CCOCCN1CCN(C(C)C)CC12CC2. The van der Waals surface area contributed by atoms with Crippen molar-refractivity contribution in [1.82, 2.24) is 9.80 Å². The molecule has 21 heavy (non-hydrogen) atoms. The van der Waals surface area contributed by atoms with E-state index < -0.39 is 0 Å². The lowest BCUT2D eigenvalue weighted by Crippen LogP contribution is -2.57. The first kappa shape index (κ1) is 18.7. The van der Waals surface area contributed by atoms with E-state index in [1.165, 1.54) is 38.9 Å². The third kappa shape index (κ3) is 5.72. The van der Waals surface area contributed by atoms with Gasteiger partial charge in [-0.15, -0.1) is 13.2 Å². The molecule has 1 spiro atoms. The molecular formula is C18H36N2O. The van der Waals surface area contributed by atoms with Crippen molar-refractivity contribution in [3.05, 3.63) is 13.2 Å². The molecule has 3 heteroatoms. The second-order valence-electron chi connectivity index (χ2n) is 7.07. The van der Waals surface area contributed by atoms with E-state index in [-0.39, 0.29) is 0 Å². The monoisotopic (exact) mass is 296 g/mol. The van der Waals surface area contributed by atoms with Gasteiger partial charge < -0.3 is 4.74 Å². The second kappa shape index (κ2) is 8.92. The van der Waals surface area contributed by atoms with Gasteiger partial charge in [-0.3, -0.25) is 9.80 Å². The zero-order valence-corrected chi connectivity index (χ0v) is 14.7. The zero-order chi connectivity index (χ0) is 15.9. The van der Waals surface area contributed by atoms with Gasteiger partial charge in [-0.1, -0.05) is 13.8 Å². The third-order valence-corrected chi connectivity index (χ3v) is 4.73. The molecule has 0 aromatic heterocycles. The van der Waals surface area contributed by atoms with Crippen LogP contribution < -0.4 is 0 Å². The van der Waals surface area contributed by atoms with E-state index in [2.05, 4.69) is 50.7 Å². The Hall–Kier alpha value is -0.380. The van der Waals surface area contributed by atoms with Crippen LogP contribution in [0.4, 0.5) is 0 Å². The first-order valence-electron chi connectivity index (χ1n) is 8.60. The Morgan fingerprint density at radius 2 is 1.71 bits per heavy atom. The van der Waals surface area contributed by atoms with Crippen LogP contribution >= 0.6 is 0 Å². The number of hydrogen-bond donors (Lipinski definition) is 0. The summed E-state index contributed by atoms with van der Waals surface area (Å²) < 4.78 is 5.79. The number of hydrogen-bond acceptors (Lipinski definition) is 3. The Labute approximate surface area is 132 Å². The molecule has 1 saturated carbocycles. The normalized spacial score (nSPS) is 21.6. The summed E-state index contributed by atoms with van der Waals surface area (Å²) in [5.41, 5.74) is 0.518. The van der Waals surface area contributed by atoms with Gasteiger partial charge in [-0.25, -0.2) is 0 Å². The lowest BCUT2D eigenvalue weighted by molar-refractivity contribution is 0.0167. The lowest BCUT2D eigenvalue weighted by atomic mass is 10.1. The fourth-order valence-corrected chi connectivity index (χ4v) is 3.05. The molecule has 1 heterocycles. The first-order chi connectivity index (χ1) is 10.0. The lowest BCUT2D eigenvalue weighted by Gasteiger charge is -2.43. The molecule has 0 amide bonds. The van der Waals surface area contributed by atoms with Crippen molar-refractivity contribution in [2.24, 2.45) is 5.92 Å². The van der Waals surface area contributed by atoms with Crippen LogP contribution in [-0.4, -0.2) is 60.8 Å². The minimum Gasteiger partial charge on any atom is -0.380 e. The maximum absolute atomic E-state index is 5.79. The fraction of sp³-hybridized carbons (Fsp3) is 0.889. The van der Waals surface area contributed by atoms with E-state index >= 15 is 0 Å². The van der Waals surface area contributed by atoms with Gasteiger partial charge in [0.15, 0.2) is 0 Å². The Morgan fingerprint density at radius 3 is 2.24 bits per heavy atom. The molecule has 1 aliphatic heterocycles. The Kier molecular flexibility index (Phi) is 7.93. The summed E-state index contributed by atoms with van der Waals surface area (Å²) in [7, 11) is 0. The van der Waals surface area contributed by atoms with E-state index in [0.717, 1.165) is 25.7 Å². The van der Waals surface area contributed by atoms with Crippen LogP contribution in [0.3, 0.4) is 0 Å². The maximum atomic E-state index is 5.79. The largest absolute Gasteiger partial charge is 0.380 e. The van der Waals surface area contributed by atoms with Gasteiger partial charge in [0.1, 0.15) is 0 Å². The quantitative estimate of drug-likeness (QED) is 0.529. The number of rotatable bonds is 7. The highest BCUT2D eigenvalue weighted by Gasteiger charge is 2.50. The molecule has 1 aliphatic carbocycles. The second-order valence-corrected chi connectivity index (χ2v) is 7.07. The summed E-state index contributed by atoms with van der Waals surface area (Å²) in [6.45, 7) is 21.9. The average Bonchev–Trinajstić information content (AvgIpc) is 3.22. The van der Waals surface area contributed by atoms with Crippen molar-refractivity contribution in [3.8, 4) is 0 Å². The molecule has 0 aromatic rings. The van der Waals surface area contributed by atoms with Gasteiger partial charge in [-0.05, 0) is 39.0 Å². The molecule has 0 atom stereocenters. The molecular weight excluding hydrogens is 260 g/mol. The van der Waals surface area contributed by atoms with Crippen LogP contribution in [0.2, 0.25) is 0 Å². The summed E-state index contributed by atoms with van der Waals surface area (Å²) in [5.74, 6) is 0.754. The molecule has 2 rings (SSSR count). The van der Waals surface area contributed by atoms with E-state index in [0.29, 0.717) is 11.6 Å². The van der Waals surface area contributed by atoms with Gasteiger partial charge >= 0.3 is 0 Å². The third-order valence-electron chi connectivity index (χ3n) is 4.73. The summed E-state index contributed by atoms with van der Waals surface area (Å²) in [6, 6.07) is 0.696. The minimum absolute atomic E-state index is 0.518. The van der Waals surface area contributed by atoms with Crippen molar-refractivity contribution < 1.29 is 4.74 Å². The van der Waals surface area contributed by atoms with Crippen LogP contribution in [0.5, 0.6) is 0 Å². The summed E-state index contributed by atoms with van der Waals surface area (Å²) in [4.78, 5) is 5.34.